The Bertz CT molecular complexity index is 664. The molecular formula is C18H19ClO6. The quantitative estimate of drug-likeness (QED) is 0.437. The molecule has 0 N–H and O–H groups in total. The number of esters is 3. The summed E-state index contributed by atoms with van der Waals surface area (Å²) < 4.78 is 15.0. The van der Waals surface area contributed by atoms with Crippen LogP contribution in [-0.4, -0.2) is 37.7 Å². The minimum absolute atomic E-state index is 0.0714. The first-order valence-electron chi connectivity index (χ1n) is 7.95. The molecule has 1 aromatic carbocycles. The fourth-order valence-corrected chi connectivity index (χ4v) is 2.91. The van der Waals surface area contributed by atoms with E-state index >= 15 is 0 Å². The fourth-order valence-electron chi connectivity index (χ4n) is 2.61. The fraction of sp³-hybridized carbons (Fsp3) is 0.389. The van der Waals surface area contributed by atoms with Gasteiger partial charge in [0.1, 0.15) is 12.5 Å². The molecule has 6 nitrogen and oxygen atoms in total. The van der Waals surface area contributed by atoms with Crippen molar-refractivity contribution in [2.45, 2.75) is 13.8 Å². The zero-order valence-electron chi connectivity index (χ0n) is 14.0. The van der Waals surface area contributed by atoms with Crippen LogP contribution in [0.2, 0.25) is 0 Å². The highest BCUT2D eigenvalue weighted by molar-refractivity contribution is 6.49. The normalized spacial score (nSPS) is 18.7. The SMILES string of the molecule is CCOC(=O)C(C(=O)OCC)C1C(=O)OC/C1=C(/Cl)c1ccccc1. The van der Waals surface area contributed by atoms with Gasteiger partial charge in [-0.15, -0.1) is 0 Å². The average molecular weight is 367 g/mol. The van der Waals surface area contributed by atoms with Crippen molar-refractivity contribution in [3.8, 4) is 0 Å². The molecule has 1 saturated heterocycles. The van der Waals surface area contributed by atoms with E-state index in [0.717, 1.165) is 0 Å². The Morgan fingerprint density at radius 1 is 1.16 bits per heavy atom. The van der Waals surface area contributed by atoms with E-state index in [1.165, 1.54) is 0 Å². The number of hydrogen-bond donors (Lipinski definition) is 0. The van der Waals surface area contributed by atoms with Crippen molar-refractivity contribution >= 4 is 34.5 Å². The number of hydrogen-bond acceptors (Lipinski definition) is 6. The maximum absolute atomic E-state index is 12.3. The summed E-state index contributed by atoms with van der Waals surface area (Å²) in [4.78, 5) is 36.8. The van der Waals surface area contributed by atoms with Crippen molar-refractivity contribution in [1.29, 1.82) is 0 Å². The Labute approximate surface area is 150 Å². The third kappa shape index (κ3) is 4.20. The molecule has 134 valence electrons. The lowest BCUT2D eigenvalue weighted by Crippen LogP contribution is -2.37. The summed E-state index contributed by atoms with van der Waals surface area (Å²) in [5, 5.41) is 0.273. The van der Waals surface area contributed by atoms with E-state index in [9.17, 15) is 14.4 Å². The molecule has 1 heterocycles. The van der Waals surface area contributed by atoms with Crippen LogP contribution in [0.3, 0.4) is 0 Å². The molecule has 0 radical (unpaired) electrons. The van der Waals surface area contributed by atoms with Crippen molar-refractivity contribution < 1.29 is 28.6 Å². The molecule has 0 aliphatic carbocycles. The lowest BCUT2D eigenvalue weighted by Gasteiger charge is -2.19. The molecule has 0 spiro atoms. The molecule has 0 saturated carbocycles. The summed E-state index contributed by atoms with van der Waals surface area (Å²) in [6, 6.07) is 8.93. The maximum Gasteiger partial charge on any atom is 0.321 e. The highest BCUT2D eigenvalue weighted by Gasteiger charge is 2.48. The van der Waals surface area contributed by atoms with E-state index < -0.39 is 29.7 Å². The van der Waals surface area contributed by atoms with Crippen LogP contribution in [-0.2, 0) is 28.6 Å². The number of benzene rings is 1. The molecule has 1 unspecified atom stereocenters. The first-order valence-corrected chi connectivity index (χ1v) is 8.32. The van der Waals surface area contributed by atoms with Gasteiger partial charge in [0.05, 0.1) is 18.2 Å². The van der Waals surface area contributed by atoms with E-state index in [4.69, 9.17) is 25.8 Å². The first-order chi connectivity index (χ1) is 12.0. The second-order valence-electron chi connectivity index (χ2n) is 5.27. The highest BCUT2D eigenvalue weighted by Crippen LogP contribution is 2.37. The molecule has 1 atom stereocenters. The number of rotatable bonds is 6. The highest BCUT2D eigenvalue weighted by atomic mass is 35.5. The summed E-state index contributed by atoms with van der Waals surface area (Å²) in [5.41, 5.74) is 1.03. The van der Waals surface area contributed by atoms with Gasteiger partial charge in [-0.1, -0.05) is 41.9 Å². The standard InChI is InChI=1S/C18H19ClO6/c1-3-23-17(21)14(18(22)24-4-2)13-12(10-25-16(13)20)15(19)11-8-6-5-7-9-11/h5-9,13-14H,3-4,10H2,1-2H3/b15-12-. The summed E-state index contributed by atoms with van der Waals surface area (Å²) in [6.07, 6.45) is 0. The Hall–Kier alpha value is -2.34. The van der Waals surface area contributed by atoms with Gasteiger partial charge < -0.3 is 14.2 Å². The van der Waals surface area contributed by atoms with Crippen LogP contribution >= 0.6 is 11.6 Å². The van der Waals surface area contributed by atoms with Gasteiger partial charge in [-0.2, -0.15) is 0 Å². The smallest absolute Gasteiger partial charge is 0.321 e. The zero-order valence-corrected chi connectivity index (χ0v) is 14.7. The monoisotopic (exact) mass is 366 g/mol. The van der Waals surface area contributed by atoms with Crippen LogP contribution < -0.4 is 0 Å². The van der Waals surface area contributed by atoms with E-state index in [1.807, 2.05) is 6.07 Å². The van der Waals surface area contributed by atoms with E-state index in [1.54, 1.807) is 38.1 Å². The van der Waals surface area contributed by atoms with Crippen molar-refractivity contribution in [3.63, 3.8) is 0 Å². The number of carbonyl (C=O) groups excluding carboxylic acids is 3. The van der Waals surface area contributed by atoms with Gasteiger partial charge in [0, 0.05) is 5.57 Å². The second-order valence-corrected chi connectivity index (χ2v) is 5.65. The van der Waals surface area contributed by atoms with E-state index in [-0.39, 0.29) is 24.9 Å². The molecule has 0 bridgehead atoms. The molecule has 1 aliphatic rings. The van der Waals surface area contributed by atoms with Crippen LogP contribution in [0.25, 0.3) is 5.03 Å². The first kappa shape index (κ1) is 19.0. The molecule has 1 fully saturated rings. The minimum Gasteiger partial charge on any atom is -0.465 e. The van der Waals surface area contributed by atoms with Crippen molar-refractivity contribution in [2.75, 3.05) is 19.8 Å². The van der Waals surface area contributed by atoms with Gasteiger partial charge in [-0.25, -0.2) is 0 Å². The van der Waals surface area contributed by atoms with Gasteiger partial charge in [0.25, 0.3) is 0 Å². The third-order valence-electron chi connectivity index (χ3n) is 3.72. The predicted octanol–water partition coefficient (Wildman–Crippen LogP) is 2.55. The van der Waals surface area contributed by atoms with E-state index in [0.29, 0.717) is 11.1 Å². The summed E-state index contributed by atoms with van der Waals surface area (Å²) in [6.45, 7) is 3.28. The van der Waals surface area contributed by atoms with Gasteiger partial charge >= 0.3 is 17.9 Å². The largest absolute Gasteiger partial charge is 0.465 e. The predicted molar refractivity (Wildman–Crippen MR) is 90.4 cm³/mol. The number of cyclic esters (lactones) is 1. The van der Waals surface area contributed by atoms with Gasteiger partial charge in [0.15, 0.2) is 5.92 Å². The van der Waals surface area contributed by atoms with Crippen LogP contribution in [0.4, 0.5) is 0 Å². The average Bonchev–Trinajstić information content (AvgIpc) is 2.97. The molecule has 25 heavy (non-hydrogen) atoms. The Morgan fingerprint density at radius 3 is 2.24 bits per heavy atom. The Morgan fingerprint density at radius 2 is 1.72 bits per heavy atom. The van der Waals surface area contributed by atoms with Crippen molar-refractivity contribution in [3.05, 3.63) is 41.5 Å². The lowest BCUT2D eigenvalue weighted by molar-refractivity contribution is -0.167. The molecular weight excluding hydrogens is 348 g/mol. The summed E-state index contributed by atoms with van der Waals surface area (Å²) in [7, 11) is 0. The molecule has 7 heteroatoms. The van der Waals surface area contributed by atoms with Gasteiger partial charge in [-0.05, 0) is 19.4 Å². The van der Waals surface area contributed by atoms with E-state index in [2.05, 4.69) is 0 Å². The number of ether oxygens (including phenoxy) is 3. The van der Waals surface area contributed by atoms with Crippen molar-refractivity contribution in [2.24, 2.45) is 11.8 Å². The third-order valence-corrected chi connectivity index (χ3v) is 4.18. The van der Waals surface area contributed by atoms with Gasteiger partial charge in [0.2, 0.25) is 0 Å². The molecule has 2 rings (SSSR count). The van der Waals surface area contributed by atoms with Crippen LogP contribution in [0.1, 0.15) is 19.4 Å². The van der Waals surface area contributed by atoms with Crippen LogP contribution in [0.5, 0.6) is 0 Å². The Kier molecular flexibility index (Phi) is 6.58. The molecule has 1 aromatic rings. The Balaban J connectivity index is 2.47. The van der Waals surface area contributed by atoms with Crippen LogP contribution in [0, 0.1) is 11.8 Å². The molecule has 0 aromatic heterocycles. The molecule has 1 aliphatic heterocycles. The number of halogens is 1. The minimum atomic E-state index is -1.44. The lowest BCUT2D eigenvalue weighted by atomic mass is 9.86. The second kappa shape index (κ2) is 8.67. The van der Waals surface area contributed by atoms with Crippen molar-refractivity contribution in [1.82, 2.24) is 0 Å². The summed E-state index contributed by atoms with van der Waals surface area (Å²) in [5.74, 6) is -4.97. The maximum atomic E-state index is 12.3. The van der Waals surface area contributed by atoms with Gasteiger partial charge in [-0.3, -0.25) is 14.4 Å². The topological polar surface area (TPSA) is 78.9 Å². The zero-order chi connectivity index (χ0) is 18.4. The number of carbonyl (C=O) groups is 3. The summed E-state index contributed by atoms with van der Waals surface area (Å²) >= 11 is 6.42. The van der Waals surface area contributed by atoms with Crippen LogP contribution in [0.15, 0.2) is 35.9 Å². The molecule has 0 amide bonds.